The fraction of sp³-hybridized carbons (Fsp3) is 0.294. The molecule has 4 aromatic rings. The summed E-state index contributed by atoms with van der Waals surface area (Å²) in [7, 11) is -4.26. The first kappa shape index (κ1) is 34.5. The molecule has 46 heavy (non-hydrogen) atoms. The van der Waals surface area contributed by atoms with Gasteiger partial charge >= 0.3 is 12.1 Å². The molecule has 242 valence electrons. The third kappa shape index (κ3) is 8.85. The molecule has 0 aliphatic heterocycles. The van der Waals surface area contributed by atoms with E-state index in [9.17, 15) is 22.8 Å². The molecule has 12 heteroatoms. The summed E-state index contributed by atoms with van der Waals surface area (Å²) >= 11 is 1.35. The van der Waals surface area contributed by atoms with Crippen LogP contribution in [0.25, 0.3) is 11.1 Å². The Morgan fingerprint density at radius 2 is 1.59 bits per heavy atom. The summed E-state index contributed by atoms with van der Waals surface area (Å²) in [6, 6.07) is 22.6. The van der Waals surface area contributed by atoms with Crippen molar-refractivity contribution in [2.45, 2.75) is 62.6 Å². The second-order valence-electron chi connectivity index (χ2n) is 10.3. The monoisotopic (exact) mass is 663 g/mol. The lowest BCUT2D eigenvalue weighted by atomic mass is 10.0. The lowest BCUT2D eigenvalue weighted by Crippen LogP contribution is -2.31. The number of benzene rings is 3. The Kier molecular flexibility index (Phi) is 12.2. The van der Waals surface area contributed by atoms with Gasteiger partial charge < -0.3 is 14.0 Å². The highest BCUT2D eigenvalue weighted by Crippen LogP contribution is 2.29. The summed E-state index contributed by atoms with van der Waals surface area (Å²) in [5, 5.41) is 0.561. The molecular weight excluding hydrogens is 627 g/mol. The number of imidazole rings is 1. The van der Waals surface area contributed by atoms with Crippen LogP contribution in [0.2, 0.25) is 0 Å². The van der Waals surface area contributed by atoms with Gasteiger partial charge in [-0.2, -0.15) is 0 Å². The lowest BCUT2D eigenvalue weighted by molar-refractivity contribution is -0.141. The van der Waals surface area contributed by atoms with Gasteiger partial charge in [0.25, 0.3) is 10.0 Å². The van der Waals surface area contributed by atoms with Crippen LogP contribution in [0.15, 0.2) is 88.8 Å². The number of rotatable bonds is 15. The van der Waals surface area contributed by atoms with Crippen molar-refractivity contribution in [3.8, 4) is 11.1 Å². The number of carbonyl (C=O) groups is 3. The van der Waals surface area contributed by atoms with Gasteiger partial charge in [-0.05, 0) is 42.4 Å². The topological polar surface area (TPSA) is 134 Å². The fourth-order valence-electron chi connectivity index (χ4n) is 4.84. The Hall–Kier alpha value is -4.42. The first-order valence-corrected chi connectivity index (χ1v) is 17.6. The Bertz CT molecular complexity index is 1770. The average molecular weight is 664 g/mol. The zero-order valence-electron chi connectivity index (χ0n) is 26.0. The van der Waals surface area contributed by atoms with Gasteiger partial charge in [0, 0.05) is 18.5 Å². The molecule has 0 saturated carbocycles. The molecule has 1 aromatic heterocycles. The summed E-state index contributed by atoms with van der Waals surface area (Å²) in [5.74, 6) is -0.188. The molecule has 0 unspecified atom stereocenters. The second-order valence-corrected chi connectivity index (χ2v) is 12.8. The van der Waals surface area contributed by atoms with Crippen LogP contribution in [-0.4, -0.2) is 48.7 Å². The molecule has 1 heterocycles. The van der Waals surface area contributed by atoms with Crippen LogP contribution in [0, 0.1) is 0 Å². The van der Waals surface area contributed by atoms with Gasteiger partial charge in [-0.1, -0.05) is 86.1 Å². The maximum Gasteiger partial charge on any atom is 0.421 e. The molecule has 0 spiro atoms. The van der Waals surface area contributed by atoms with Gasteiger partial charge in [-0.3, -0.25) is 9.59 Å². The largest absolute Gasteiger partial charge is 0.466 e. The van der Waals surface area contributed by atoms with Crippen molar-refractivity contribution in [2.75, 3.05) is 12.9 Å². The van der Waals surface area contributed by atoms with E-state index in [1.54, 1.807) is 61.5 Å². The molecule has 0 fully saturated rings. The Balaban J connectivity index is 1.57. The first-order chi connectivity index (χ1) is 22.2. The van der Waals surface area contributed by atoms with Gasteiger partial charge in [0.05, 0.1) is 11.5 Å². The minimum absolute atomic E-state index is 0.0725. The number of thioether (sulfide) groups is 1. The van der Waals surface area contributed by atoms with Crippen molar-refractivity contribution in [1.82, 2.24) is 14.3 Å². The number of ketones is 1. The van der Waals surface area contributed by atoms with E-state index in [4.69, 9.17) is 14.5 Å². The summed E-state index contributed by atoms with van der Waals surface area (Å²) in [4.78, 5) is 42.5. The Morgan fingerprint density at radius 1 is 0.891 bits per heavy atom. The molecule has 0 aliphatic rings. The number of Topliss-reactive ketones (excluding diaryl/α,β-unsaturated/α-hetero) is 1. The summed E-state index contributed by atoms with van der Waals surface area (Å²) in [6.07, 6.45) is 2.89. The molecule has 4 rings (SSSR count). The molecule has 10 nitrogen and oxygen atoms in total. The van der Waals surface area contributed by atoms with Crippen LogP contribution >= 0.6 is 11.8 Å². The van der Waals surface area contributed by atoms with E-state index in [0.717, 1.165) is 29.8 Å². The summed E-state index contributed by atoms with van der Waals surface area (Å²) in [5.41, 5.74) is 2.96. The highest BCUT2D eigenvalue weighted by Gasteiger charge is 2.26. The zero-order chi connectivity index (χ0) is 33.1. The van der Waals surface area contributed by atoms with Gasteiger partial charge in [-0.15, -0.1) is 11.8 Å². The highest BCUT2D eigenvalue weighted by molar-refractivity contribution is 7.98. The predicted molar refractivity (Wildman–Crippen MR) is 176 cm³/mol. The number of esters is 1. The van der Waals surface area contributed by atoms with Crippen molar-refractivity contribution in [1.29, 1.82) is 0 Å². The van der Waals surface area contributed by atoms with Crippen molar-refractivity contribution in [3.05, 3.63) is 102 Å². The maximum absolute atomic E-state index is 13.3. The number of amides is 1. The van der Waals surface area contributed by atoms with E-state index in [1.807, 2.05) is 33.7 Å². The third-order valence-corrected chi connectivity index (χ3v) is 9.09. The lowest BCUT2D eigenvalue weighted by Gasteiger charge is -2.14. The number of nitrogens with zero attached hydrogens (tertiary/aromatic N) is 2. The number of aromatic nitrogens is 2. The normalized spacial score (nSPS) is 11.2. The number of hydrogen-bond donors (Lipinski definition) is 1. The minimum atomic E-state index is -4.26. The van der Waals surface area contributed by atoms with E-state index in [1.165, 1.54) is 17.8 Å². The van der Waals surface area contributed by atoms with Crippen LogP contribution < -0.4 is 4.72 Å². The van der Waals surface area contributed by atoms with Gasteiger partial charge in [0.2, 0.25) is 0 Å². The number of unbranched alkanes of at least 4 members (excludes halogenated alkanes) is 1. The minimum Gasteiger partial charge on any atom is -0.466 e. The van der Waals surface area contributed by atoms with Crippen molar-refractivity contribution < 1.29 is 32.3 Å². The molecule has 1 amide bonds. The Morgan fingerprint density at radius 3 is 2.26 bits per heavy atom. The number of ether oxygens (including phenoxy) is 2. The number of aryl methyl sites for hydroxylation is 1. The second kappa shape index (κ2) is 16.2. The number of carbonyl (C=O) groups excluding carboxylic acids is 3. The smallest absolute Gasteiger partial charge is 0.421 e. The van der Waals surface area contributed by atoms with Crippen molar-refractivity contribution >= 4 is 39.6 Å². The highest BCUT2D eigenvalue weighted by atomic mass is 32.2. The predicted octanol–water partition coefficient (Wildman–Crippen LogP) is 6.41. The first-order valence-electron chi connectivity index (χ1n) is 14.9. The van der Waals surface area contributed by atoms with Gasteiger partial charge in [0.15, 0.2) is 5.78 Å². The number of hydrogen-bond acceptors (Lipinski definition) is 9. The molecule has 0 radical (unpaired) electrons. The van der Waals surface area contributed by atoms with E-state index in [0.29, 0.717) is 34.8 Å². The van der Waals surface area contributed by atoms with Crippen LogP contribution in [0.1, 0.15) is 60.5 Å². The quantitative estimate of drug-likeness (QED) is 0.0663. The maximum atomic E-state index is 13.3. The summed E-state index contributed by atoms with van der Waals surface area (Å²) in [6.45, 7) is 4.21. The SMILES string of the molecule is CCCCc1nc(SC)c(C(=O)CC(=O)OCC)n1Cc1ccc(-c2ccccc2S(=O)(=O)NC(=O)OCc2ccccc2)cc1. The number of sulfonamides is 1. The average Bonchev–Trinajstić information content (AvgIpc) is 3.40. The molecule has 1 N–H and O–H groups in total. The van der Waals surface area contributed by atoms with Crippen LogP contribution in [0.3, 0.4) is 0 Å². The van der Waals surface area contributed by atoms with Gasteiger partial charge in [0.1, 0.15) is 29.6 Å². The summed E-state index contributed by atoms with van der Waals surface area (Å²) < 4.78 is 40.5. The van der Waals surface area contributed by atoms with E-state index in [-0.39, 0.29) is 30.3 Å². The standard InChI is InChI=1S/C34H37N3O7S2/c1-4-6-16-30-35-33(45-3)32(28(38)21-31(39)43-5-2)37(30)22-24-17-19-26(20-18-24)27-14-10-11-15-29(27)46(41,42)36-34(40)44-23-25-12-8-7-9-13-25/h7-15,17-20H,4-6,16,21-23H2,1-3H3,(H,36,40). The fourth-order valence-corrected chi connectivity index (χ4v) is 6.57. The van der Waals surface area contributed by atoms with Crippen molar-refractivity contribution in [3.63, 3.8) is 0 Å². The molecule has 0 bridgehead atoms. The number of nitrogens with one attached hydrogen (secondary N) is 1. The van der Waals surface area contributed by atoms with Crippen LogP contribution in [0.4, 0.5) is 4.79 Å². The van der Waals surface area contributed by atoms with Crippen LogP contribution in [0.5, 0.6) is 0 Å². The molecule has 3 aromatic carbocycles. The van der Waals surface area contributed by atoms with Crippen molar-refractivity contribution in [2.24, 2.45) is 0 Å². The Labute approximate surface area is 273 Å². The van der Waals surface area contributed by atoms with E-state index >= 15 is 0 Å². The van der Waals surface area contributed by atoms with E-state index in [2.05, 4.69) is 6.92 Å². The molecule has 0 aliphatic carbocycles. The van der Waals surface area contributed by atoms with Gasteiger partial charge in [-0.25, -0.2) is 22.9 Å². The molecule has 0 atom stereocenters. The molecular formula is C34H37N3O7S2. The third-order valence-electron chi connectivity index (χ3n) is 7.05. The van der Waals surface area contributed by atoms with Crippen LogP contribution in [-0.2, 0) is 43.9 Å². The zero-order valence-corrected chi connectivity index (χ0v) is 27.7. The van der Waals surface area contributed by atoms with E-state index < -0.39 is 22.1 Å². The molecule has 0 saturated heterocycles.